The highest BCUT2D eigenvalue weighted by molar-refractivity contribution is 7.99. The monoisotopic (exact) mass is 266 g/mol. The van der Waals surface area contributed by atoms with Gasteiger partial charge in [0.25, 0.3) is 0 Å². The molecule has 2 aromatic carbocycles. The molecule has 88 valence electrons. The molecule has 0 saturated carbocycles. The Balaban J connectivity index is 2.21. The molecule has 0 saturated heterocycles. The Labute approximate surface area is 110 Å². The number of halogens is 2. The molecule has 0 aliphatic carbocycles. The van der Waals surface area contributed by atoms with Crippen molar-refractivity contribution in [3.63, 3.8) is 0 Å². The number of hydrogen-bond acceptors (Lipinski definition) is 1. The lowest BCUT2D eigenvalue weighted by Gasteiger charge is -2.05. The number of benzene rings is 2. The molecular formula is C14H12ClFS. The highest BCUT2D eigenvalue weighted by Gasteiger charge is 2.05. The lowest BCUT2D eigenvalue weighted by molar-refractivity contribution is 0.600. The summed E-state index contributed by atoms with van der Waals surface area (Å²) in [5.74, 6) is -0.163. The summed E-state index contributed by atoms with van der Waals surface area (Å²) in [4.78, 5) is 1.63. The third kappa shape index (κ3) is 3.24. The number of rotatable bonds is 3. The van der Waals surface area contributed by atoms with E-state index in [1.54, 1.807) is 6.07 Å². The van der Waals surface area contributed by atoms with Gasteiger partial charge < -0.3 is 0 Å². The molecule has 2 aromatic rings. The van der Waals surface area contributed by atoms with Gasteiger partial charge in [-0.05, 0) is 48.4 Å². The molecule has 0 nitrogen and oxygen atoms in total. The molecule has 0 fully saturated rings. The summed E-state index contributed by atoms with van der Waals surface area (Å²) in [5.41, 5.74) is 1.02. The van der Waals surface area contributed by atoms with E-state index in [1.807, 2.05) is 43.3 Å². The molecule has 3 heteroatoms. The van der Waals surface area contributed by atoms with Gasteiger partial charge in [0.05, 0.1) is 0 Å². The van der Waals surface area contributed by atoms with Crippen molar-refractivity contribution >= 4 is 23.4 Å². The molecule has 0 aromatic heterocycles. The van der Waals surface area contributed by atoms with Gasteiger partial charge in [-0.2, -0.15) is 0 Å². The Morgan fingerprint density at radius 2 is 1.82 bits per heavy atom. The van der Waals surface area contributed by atoms with Crippen LogP contribution in [0.15, 0.2) is 52.3 Å². The van der Waals surface area contributed by atoms with Crippen LogP contribution in [-0.2, 0) is 6.42 Å². The summed E-state index contributed by atoms with van der Waals surface area (Å²) in [6.45, 7) is 2.01. The zero-order chi connectivity index (χ0) is 12.3. The molecule has 0 amide bonds. The Morgan fingerprint density at radius 3 is 2.41 bits per heavy atom. The van der Waals surface area contributed by atoms with Crippen molar-refractivity contribution in [1.82, 2.24) is 0 Å². The molecule has 0 radical (unpaired) electrons. The molecule has 0 N–H and O–H groups in total. The Morgan fingerprint density at radius 1 is 1.12 bits per heavy atom. The third-order valence-electron chi connectivity index (χ3n) is 2.45. The number of hydrogen-bond donors (Lipinski definition) is 0. The fraction of sp³-hybridized carbons (Fsp3) is 0.143. The normalized spacial score (nSPS) is 10.5. The standard InChI is InChI=1S/C14H12ClFS/c1-2-10-3-8-14(13(16)9-10)17-12-6-4-11(15)5-7-12/h3-9H,2H2,1H3. The van der Waals surface area contributed by atoms with Crippen LogP contribution < -0.4 is 0 Å². The summed E-state index contributed by atoms with van der Waals surface area (Å²) >= 11 is 7.21. The van der Waals surface area contributed by atoms with Gasteiger partial charge >= 0.3 is 0 Å². The van der Waals surface area contributed by atoms with Crippen LogP contribution in [0.1, 0.15) is 12.5 Å². The highest BCUT2D eigenvalue weighted by atomic mass is 35.5. The molecule has 17 heavy (non-hydrogen) atoms. The largest absolute Gasteiger partial charge is 0.206 e. The van der Waals surface area contributed by atoms with E-state index in [1.165, 1.54) is 11.8 Å². The zero-order valence-corrected chi connectivity index (χ0v) is 11.0. The SMILES string of the molecule is CCc1ccc(Sc2ccc(Cl)cc2)c(F)c1. The van der Waals surface area contributed by atoms with Gasteiger partial charge in [-0.15, -0.1) is 0 Å². The van der Waals surface area contributed by atoms with Gasteiger partial charge in [-0.3, -0.25) is 0 Å². The van der Waals surface area contributed by atoms with Crippen LogP contribution in [0.5, 0.6) is 0 Å². The van der Waals surface area contributed by atoms with E-state index in [9.17, 15) is 4.39 Å². The second-order valence-corrected chi connectivity index (χ2v) is 5.23. The summed E-state index contributed by atoms with van der Waals surface area (Å²) in [6, 6.07) is 12.8. The molecular weight excluding hydrogens is 255 g/mol. The van der Waals surface area contributed by atoms with Crippen LogP contribution in [-0.4, -0.2) is 0 Å². The Kier molecular flexibility index (Phi) is 4.08. The van der Waals surface area contributed by atoms with Crippen LogP contribution >= 0.6 is 23.4 Å². The van der Waals surface area contributed by atoms with Crippen molar-refractivity contribution in [3.8, 4) is 0 Å². The number of aryl methyl sites for hydroxylation is 1. The van der Waals surface area contributed by atoms with E-state index < -0.39 is 0 Å². The van der Waals surface area contributed by atoms with Crippen molar-refractivity contribution in [2.45, 2.75) is 23.1 Å². The summed E-state index contributed by atoms with van der Waals surface area (Å²) in [6.07, 6.45) is 0.850. The van der Waals surface area contributed by atoms with Crippen molar-refractivity contribution < 1.29 is 4.39 Å². The van der Waals surface area contributed by atoms with Crippen LogP contribution in [0.4, 0.5) is 4.39 Å². The minimum Gasteiger partial charge on any atom is -0.206 e. The molecule has 2 rings (SSSR count). The molecule has 0 heterocycles. The smallest absolute Gasteiger partial charge is 0.137 e. The first kappa shape index (κ1) is 12.5. The fourth-order valence-electron chi connectivity index (χ4n) is 1.48. The topological polar surface area (TPSA) is 0 Å². The first-order valence-corrected chi connectivity index (χ1v) is 6.60. The van der Waals surface area contributed by atoms with Gasteiger partial charge in [0, 0.05) is 14.8 Å². The molecule has 0 unspecified atom stereocenters. The van der Waals surface area contributed by atoms with Gasteiger partial charge in [0.15, 0.2) is 0 Å². The lowest BCUT2D eigenvalue weighted by Crippen LogP contribution is -1.85. The van der Waals surface area contributed by atoms with Gasteiger partial charge in [0.1, 0.15) is 5.82 Å². The Hall–Kier alpha value is -0.990. The fourth-order valence-corrected chi connectivity index (χ4v) is 2.42. The minimum absolute atomic E-state index is 0.163. The molecule has 0 bridgehead atoms. The predicted molar refractivity (Wildman–Crippen MR) is 71.4 cm³/mol. The van der Waals surface area contributed by atoms with E-state index in [4.69, 9.17) is 11.6 Å². The lowest BCUT2D eigenvalue weighted by atomic mass is 10.2. The second-order valence-electron chi connectivity index (χ2n) is 3.67. The van der Waals surface area contributed by atoms with E-state index in [-0.39, 0.29) is 5.82 Å². The van der Waals surface area contributed by atoms with Crippen LogP contribution in [0.2, 0.25) is 5.02 Å². The van der Waals surface area contributed by atoms with Crippen molar-refractivity contribution in [2.75, 3.05) is 0 Å². The molecule has 0 aliphatic rings. The highest BCUT2D eigenvalue weighted by Crippen LogP contribution is 2.30. The van der Waals surface area contributed by atoms with Gasteiger partial charge in [-0.25, -0.2) is 4.39 Å². The first-order chi connectivity index (χ1) is 8.19. The van der Waals surface area contributed by atoms with Crippen molar-refractivity contribution in [2.24, 2.45) is 0 Å². The predicted octanol–water partition coefficient (Wildman–Crippen LogP) is 5.19. The van der Waals surface area contributed by atoms with Gasteiger partial charge in [0.2, 0.25) is 0 Å². The Bertz CT molecular complexity index is 508. The molecule has 0 atom stereocenters. The van der Waals surface area contributed by atoms with Gasteiger partial charge in [-0.1, -0.05) is 36.4 Å². The van der Waals surface area contributed by atoms with Crippen LogP contribution in [0, 0.1) is 5.82 Å². The van der Waals surface area contributed by atoms with Crippen LogP contribution in [0.25, 0.3) is 0 Å². The molecule has 0 aliphatic heterocycles. The first-order valence-electron chi connectivity index (χ1n) is 5.41. The summed E-state index contributed by atoms with van der Waals surface area (Å²) in [7, 11) is 0. The quantitative estimate of drug-likeness (QED) is 0.736. The molecule has 0 spiro atoms. The second kappa shape index (κ2) is 5.56. The van der Waals surface area contributed by atoms with Crippen molar-refractivity contribution in [3.05, 3.63) is 58.9 Å². The van der Waals surface area contributed by atoms with E-state index in [2.05, 4.69) is 0 Å². The summed E-state index contributed by atoms with van der Waals surface area (Å²) in [5, 5.41) is 0.691. The maximum atomic E-state index is 13.8. The zero-order valence-electron chi connectivity index (χ0n) is 9.41. The minimum atomic E-state index is -0.163. The van der Waals surface area contributed by atoms with Crippen molar-refractivity contribution in [1.29, 1.82) is 0 Å². The average molecular weight is 267 g/mol. The van der Waals surface area contributed by atoms with E-state index >= 15 is 0 Å². The average Bonchev–Trinajstić information content (AvgIpc) is 2.34. The maximum Gasteiger partial charge on any atom is 0.137 e. The third-order valence-corrected chi connectivity index (χ3v) is 3.76. The van der Waals surface area contributed by atoms with E-state index in [0.717, 1.165) is 16.9 Å². The van der Waals surface area contributed by atoms with Crippen LogP contribution in [0.3, 0.4) is 0 Å². The maximum absolute atomic E-state index is 13.8. The summed E-state index contributed by atoms with van der Waals surface area (Å²) < 4.78 is 13.8. The van der Waals surface area contributed by atoms with E-state index in [0.29, 0.717) is 9.92 Å².